The van der Waals surface area contributed by atoms with Crippen molar-refractivity contribution in [3.8, 4) is 0 Å². The molecule has 0 fully saturated rings. The molecular weight excluding hydrogens is 347 g/mol. The van der Waals surface area contributed by atoms with E-state index in [4.69, 9.17) is 9.84 Å². The van der Waals surface area contributed by atoms with E-state index in [1.165, 1.54) is 16.7 Å². The summed E-state index contributed by atoms with van der Waals surface area (Å²) in [4.78, 5) is 26.4. The van der Waals surface area contributed by atoms with Gasteiger partial charge in [0, 0.05) is 18.3 Å². The van der Waals surface area contributed by atoms with Gasteiger partial charge in [0.2, 0.25) is 0 Å². The monoisotopic (exact) mass is 356 g/mol. The number of carboxylic acids is 1. The van der Waals surface area contributed by atoms with Crippen LogP contribution in [-0.4, -0.2) is 33.0 Å². The zero-order valence-corrected chi connectivity index (χ0v) is 12.4. The summed E-state index contributed by atoms with van der Waals surface area (Å²) in [6.45, 7) is 1.86. The zero-order chi connectivity index (χ0) is 15.6. The Morgan fingerprint density at radius 3 is 2.90 bits per heavy atom. The Hall–Kier alpha value is -2.22. The number of aromatic carboxylic acids is 1. The van der Waals surface area contributed by atoms with Gasteiger partial charge in [-0.05, 0) is 28.9 Å². The molecule has 1 N–H and O–H groups in total. The van der Waals surface area contributed by atoms with Crippen LogP contribution in [0, 0.1) is 5.82 Å². The minimum Gasteiger partial charge on any atom is -0.476 e. The van der Waals surface area contributed by atoms with Gasteiger partial charge in [0.1, 0.15) is 11.5 Å². The first-order valence-corrected chi connectivity index (χ1v) is 6.68. The van der Waals surface area contributed by atoms with E-state index in [2.05, 4.69) is 20.9 Å². The summed E-state index contributed by atoms with van der Waals surface area (Å²) in [5.74, 6) is -2.45. The molecule has 0 saturated carbocycles. The molecule has 2 heterocycles. The fourth-order valence-corrected chi connectivity index (χ4v) is 2.03. The maximum Gasteiger partial charge on any atom is 0.356 e. The van der Waals surface area contributed by atoms with Crippen LogP contribution in [0.3, 0.4) is 0 Å². The number of nitrogens with zero attached hydrogens (tertiary/aromatic N) is 2. The van der Waals surface area contributed by atoms with Gasteiger partial charge < -0.3 is 9.84 Å². The summed E-state index contributed by atoms with van der Waals surface area (Å²) in [5, 5.41) is 9.14. The molecule has 0 radical (unpaired) electrons. The average Bonchev–Trinajstić information content (AvgIpc) is 2.75. The molecule has 0 aliphatic carbocycles. The van der Waals surface area contributed by atoms with Gasteiger partial charge in [-0.1, -0.05) is 0 Å². The van der Waals surface area contributed by atoms with Crippen LogP contribution < -0.4 is 0 Å². The molecule has 0 atom stereocenters. The molecule has 0 aliphatic heterocycles. The highest BCUT2D eigenvalue weighted by atomic mass is 79.9. The van der Waals surface area contributed by atoms with Gasteiger partial charge in [0.05, 0.1) is 16.8 Å². The Morgan fingerprint density at radius 1 is 1.57 bits per heavy atom. The number of carboxylic acid groups (broad SMARTS) is 1. The Kier molecular flexibility index (Phi) is 4.37. The number of imidazole rings is 1. The summed E-state index contributed by atoms with van der Waals surface area (Å²) in [6.07, 6.45) is 3.71. The molecule has 8 heteroatoms. The van der Waals surface area contributed by atoms with Gasteiger partial charge >= 0.3 is 11.9 Å². The number of halogens is 2. The molecule has 0 amide bonds. The van der Waals surface area contributed by atoms with Crippen LogP contribution in [-0.2, 0) is 9.53 Å². The van der Waals surface area contributed by atoms with Crippen molar-refractivity contribution < 1.29 is 23.8 Å². The first-order chi connectivity index (χ1) is 9.93. The lowest BCUT2D eigenvalue weighted by Crippen LogP contribution is -2.02. The second kappa shape index (κ2) is 6.04. The maximum atomic E-state index is 13.5. The molecule has 0 aliphatic rings. The number of esters is 1. The smallest absolute Gasteiger partial charge is 0.356 e. The highest BCUT2D eigenvalue weighted by Crippen LogP contribution is 2.21. The summed E-state index contributed by atoms with van der Waals surface area (Å²) >= 11 is 3.01. The second-order valence-corrected chi connectivity index (χ2v) is 4.79. The second-order valence-electron chi connectivity index (χ2n) is 3.93. The molecule has 2 aromatic heterocycles. The van der Waals surface area contributed by atoms with Crippen molar-refractivity contribution in [2.45, 2.75) is 6.92 Å². The van der Waals surface area contributed by atoms with E-state index >= 15 is 0 Å². The van der Waals surface area contributed by atoms with Crippen molar-refractivity contribution in [3.63, 3.8) is 0 Å². The molecule has 2 aromatic rings. The molecular formula is C13H10BrFN2O4. The highest BCUT2D eigenvalue weighted by molar-refractivity contribution is 9.10. The van der Waals surface area contributed by atoms with Gasteiger partial charge in [-0.15, -0.1) is 0 Å². The van der Waals surface area contributed by atoms with Crippen LogP contribution in [0.2, 0.25) is 0 Å². The Bertz CT molecular complexity index is 754. The van der Waals surface area contributed by atoms with Gasteiger partial charge in [-0.25, -0.2) is 19.0 Å². The third-order valence-electron chi connectivity index (χ3n) is 2.57. The number of hydrogen-bond acceptors (Lipinski definition) is 4. The predicted molar refractivity (Wildman–Crippen MR) is 75.5 cm³/mol. The Labute approximate surface area is 127 Å². The fraction of sp³-hybridized carbons (Fsp3) is 0.154. The largest absolute Gasteiger partial charge is 0.476 e. The number of fused-ring (bicyclic) bond motifs is 1. The van der Waals surface area contributed by atoms with E-state index in [0.29, 0.717) is 0 Å². The lowest BCUT2D eigenvalue weighted by atomic mass is 10.3. The molecule has 0 aromatic carbocycles. The summed E-state index contributed by atoms with van der Waals surface area (Å²) in [5.41, 5.74) is -0.0177. The minimum absolute atomic E-state index is 0.122. The molecule has 0 bridgehead atoms. The van der Waals surface area contributed by atoms with Crippen LogP contribution in [0.15, 0.2) is 22.8 Å². The number of pyridine rings is 1. The lowest BCUT2D eigenvalue weighted by Gasteiger charge is -2.00. The number of hydrogen-bond donors (Lipinski definition) is 1. The van der Waals surface area contributed by atoms with Crippen molar-refractivity contribution >= 4 is 39.6 Å². The number of aromatic nitrogens is 2. The molecule has 2 rings (SSSR count). The summed E-state index contributed by atoms with van der Waals surface area (Å²) in [6, 6.07) is 1.10. The van der Waals surface area contributed by atoms with Gasteiger partial charge in [-0.3, -0.25) is 4.40 Å². The van der Waals surface area contributed by atoms with E-state index in [9.17, 15) is 14.0 Å². The van der Waals surface area contributed by atoms with Crippen molar-refractivity contribution in [1.29, 1.82) is 0 Å². The molecule has 0 unspecified atom stereocenters. The van der Waals surface area contributed by atoms with Crippen LogP contribution >= 0.6 is 15.9 Å². The Balaban J connectivity index is 2.58. The lowest BCUT2D eigenvalue weighted by molar-refractivity contribution is -0.137. The summed E-state index contributed by atoms with van der Waals surface area (Å²) in [7, 11) is 0. The summed E-state index contributed by atoms with van der Waals surface area (Å²) < 4.78 is 19.7. The standard InChI is InChI=1S/C13H10BrFN2O4/c1-2-21-11(18)4-3-9-12(13(19)20)16-10-5-8(15)7(14)6-17(9)10/h3-6H,2H2,1H3,(H,19,20). The van der Waals surface area contributed by atoms with E-state index in [1.807, 2.05) is 0 Å². The quantitative estimate of drug-likeness (QED) is 0.672. The van der Waals surface area contributed by atoms with Crippen LogP contribution in [0.1, 0.15) is 23.1 Å². The van der Waals surface area contributed by atoms with E-state index in [0.717, 1.165) is 12.1 Å². The van der Waals surface area contributed by atoms with E-state index in [-0.39, 0.29) is 28.1 Å². The first kappa shape index (κ1) is 15.2. The molecule has 0 spiro atoms. The van der Waals surface area contributed by atoms with Gasteiger partial charge in [0.15, 0.2) is 5.69 Å². The Morgan fingerprint density at radius 2 is 2.29 bits per heavy atom. The SMILES string of the molecule is CCOC(=O)C=Cc1c(C(=O)O)nc2cc(F)c(Br)cn12. The number of ether oxygens (including phenoxy) is 1. The fourth-order valence-electron chi connectivity index (χ4n) is 1.71. The van der Waals surface area contributed by atoms with Crippen molar-refractivity contribution in [2.75, 3.05) is 6.61 Å². The van der Waals surface area contributed by atoms with E-state index < -0.39 is 17.8 Å². The normalized spacial score (nSPS) is 11.2. The minimum atomic E-state index is -1.28. The highest BCUT2D eigenvalue weighted by Gasteiger charge is 2.18. The van der Waals surface area contributed by atoms with Crippen LogP contribution in [0.4, 0.5) is 4.39 Å². The number of rotatable bonds is 4. The zero-order valence-electron chi connectivity index (χ0n) is 10.8. The van der Waals surface area contributed by atoms with E-state index in [1.54, 1.807) is 6.92 Å². The number of carbonyl (C=O) groups excluding carboxylic acids is 1. The van der Waals surface area contributed by atoms with Crippen molar-refractivity contribution in [1.82, 2.24) is 9.38 Å². The molecule has 21 heavy (non-hydrogen) atoms. The van der Waals surface area contributed by atoms with Crippen LogP contribution in [0.5, 0.6) is 0 Å². The van der Waals surface area contributed by atoms with Gasteiger partial charge in [0.25, 0.3) is 0 Å². The molecule has 6 nitrogen and oxygen atoms in total. The topological polar surface area (TPSA) is 80.9 Å². The predicted octanol–water partition coefficient (Wildman–Crippen LogP) is 2.51. The number of carbonyl (C=O) groups is 2. The third-order valence-corrected chi connectivity index (χ3v) is 3.15. The van der Waals surface area contributed by atoms with Crippen molar-refractivity contribution in [3.05, 3.63) is 40.0 Å². The maximum absolute atomic E-state index is 13.5. The van der Waals surface area contributed by atoms with Crippen molar-refractivity contribution in [2.24, 2.45) is 0 Å². The average molecular weight is 357 g/mol. The first-order valence-electron chi connectivity index (χ1n) is 5.89. The molecule has 0 saturated heterocycles. The third kappa shape index (κ3) is 3.10. The van der Waals surface area contributed by atoms with Crippen LogP contribution in [0.25, 0.3) is 11.7 Å². The molecule has 110 valence electrons. The van der Waals surface area contributed by atoms with Gasteiger partial charge in [-0.2, -0.15) is 0 Å².